The van der Waals surface area contributed by atoms with Gasteiger partial charge in [-0.05, 0) is 36.4 Å². The lowest BCUT2D eigenvalue weighted by Crippen LogP contribution is -2.12. The zero-order valence-corrected chi connectivity index (χ0v) is 12.9. The first-order valence-corrected chi connectivity index (χ1v) is 8.02. The number of amides is 1. The second-order valence-electron chi connectivity index (χ2n) is 4.54. The van der Waals surface area contributed by atoms with E-state index in [1.807, 2.05) is 0 Å². The van der Waals surface area contributed by atoms with Gasteiger partial charge in [0.15, 0.2) is 11.6 Å². The average molecular weight is 341 g/mol. The van der Waals surface area contributed by atoms with Crippen LogP contribution in [0.2, 0.25) is 0 Å². The van der Waals surface area contributed by atoms with Gasteiger partial charge in [-0.1, -0.05) is 6.92 Å². The Labute approximate surface area is 132 Å². The summed E-state index contributed by atoms with van der Waals surface area (Å²) >= 11 is 0. The van der Waals surface area contributed by atoms with Crippen LogP contribution in [-0.2, 0) is 14.9 Å². The van der Waals surface area contributed by atoms with Crippen molar-refractivity contribution in [2.24, 2.45) is 0 Å². The van der Waals surface area contributed by atoms with Gasteiger partial charge in [0.2, 0.25) is 5.91 Å². The molecule has 2 aromatic rings. The quantitative estimate of drug-likeness (QED) is 0.848. The van der Waals surface area contributed by atoms with Crippen molar-refractivity contribution >= 4 is 21.7 Å². The molecule has 0 spiro atoms. The molecule has 0 unspecified atom stereocenters. The maximum Gasteiger partial charge on any atom is 0.339 e. The van der Waals surface area contributed by atoms with E-state index >= 15 is 0 Å². The molecule has 0 aliphatic rings. The summed E-state index contributed by atoms with van der Waals surface area (Å²) in [5, 5.41) is 2.56. The molecule has 0 bridgehead atoms. The molecule has 5 nitrogen and oxygen atoms in total. The van der Waals surface area contributed by atoms with Crippen LogP contribution < -0.4 is 9.50 Å². The highest BCUT2D eigenvalue weighted by Crippen LogP contribution is 2.23. The standard InChI is InChI=1S/C15H13F2NO4S/c1-2-15(19)18-11-4-6-12(7-5-11)23(20,21)22-14-8-3-10(16)9-13(14)17/h3-9H,2H2,1H3,(H,18,19). The lowest BCUT2D eigenvalue weighted by molar-refractivity contribution is -0.115. The molecule has 8 heteroatoms. The summed E-state index contributed by atoms with van der Waals surface area (Å²) in [7, 11) is -4.27. The number of hydrogen-bond donors (Lipinski definition) is 1. The fourth-order valence-corrected chi connectivity index (χ4v) is 2.60. The SMILES string of the molecule is CCC(=O)Nc1ccc(S(=O)(=O)Oc2ccc(F)cc2F)cc1. The Kier molecular flexibility index (Phi) is 4.95. The molecule has 1 N–H and O–H groups in total. The van der Waals surface area contributed by atoms with E-state index in [-0.39, 0.29) is 17.2 Å². The molecule has 0 radical (unpaired) electrons. The van der Waals surface area contributed by atoms with Gasteiger partial charge in [-0.2, -0.15) is 8.42 Å². The van der Waals surface area contributed by atoms with Gasteiger partial charge in [-0.3, -0.25) is 4.79 Å². The number of hydrogen-bond acceptors (Lipinski definition) is 4. The van der Waals surface area contributed by atoms with Crippen molar-refractivity contribution < 1.29 is 26.2 Å². The zero-order valence-electron chi connectivity index (χ0n) is 12.0. The number of nitrogens with one attached hydrogen (secondary N) is 1. The lowest BCUT2D eigenvalue weighted by Gasteiger charge is -2.09. The van der Waals surface area contributed by atoms with Gasteiger partial charge in [0.1, 0.15) is 10.7 Å². The Morgan fingerprint density at radius 1 is 1.13 bits per heavy atom. The van der Waals surface area contributed by atoms with Crippen LogP contribution in [0.3, 0.4) is 0 Å². The summed E-state index contributed by atoms with van der Waals surface area (Å²) in [5.41, 5.74) is 0.420. The summed E-state index contributed by atoms with van der Waals surface area (Å²) < 4.78 is 55.0. The van der Waals surface area contributed by atoms with E-state index in [0.29, 0.717) is 11.8 Å². The van der Waals surface area contributed by atoms with Crippen LogP contribution in [0.15, 0.2) is 47.4 Å². The molecule has 2 aromatic carbocycles. The molecule has 23 heavy (non-hydrogen) atoms. The van der Waals surface area contributed by atoms with Gasteiger partial charge in [-0.15, -0.1) is 0 Å². The lowest BCUT2D eigenvalue weighted by atomic mass is 10.3. The first-order valence-electron chi connectivity index (χ1n) is 6.61. The molecule has 0 saturated carbocycles. The van der Waals surface area contributed by atoms with Crippen molar-refractivity contribution in [3.8, 4) is 5.75 Å². The average Bonchev–Trinajstić information content (AvgIpc) is 2.50. The third kappa shape index (κ3) is 4.26. The van der Waals surface area contributed by atoms with Crippen LogP contribution in [-0.4, -0.2) is 14.3 Å². The Hall–Kier alpha value is -2.48. The molecule has 0 aromatic heterocycles. The molecule has 0 heterocycles. The monoisotopic (exact) mass is 341 g/mol. The molecule has 0 fully saturated rings. The summed E-state index contributed by atoms with van der Waals surface area (Å²) in [4.78, 5) is 11.0. The number of benzene rings is 2. The van der Waals surface area contributed by atoms with Crippen LogP contribution in [0.1, 0.15) is 13.3 Å². The van der Waals surface area contributed by atoms with E-state index in [1.165, 1.54) is 24.3 Å². The fraction of sp³-hybridized carbons (Fsp3) is 0.133. The minimum Gasteiger partial charge on any atom is -0.376 e. The Morgan fingerprint density at radius 3 is 2.35 bits per heavy atom. The van der Waals surface area contributed by atoms with Crippen LogP contribution in [0.4, 0.5) is 14.5 Å². The van der Waals surface area contributed by atoms with E-state index in [1.54, 1.807) is 6.92 Å². The fourth-order valence-electron chi connectivity index (χ4n) is 1.66. The second kappa shape index (κ2) is 6.74. The van der Waals surface area contributed by atoms with E-state index < -0.39 is 27.5 Å². The molecule has 0 atom stereocenters. The molecule has 0 aliphatic carbocycles. The van der Waals surface area contributed by atoms with Crippen LogP contribution >= 0.6 is 0 Å². The van der Waals surface area contributed by atoms with Gasteiger partial charge in [-0.25, -0.2) is 8.78 Å². The van der Waals surface area contributed by atoms with E-state index in [0.717, 1.165) is 12.1 Å². The summed E-state index contributed by atoms with van der Waals surface area (Å²) in [5.74, 6) is -2.79. The van der Waals surface area contributed by atoms with Crippen molar-refractivity contribution in [2.45, 2.75) is 18.2 Å². The molecule has 0 saturated heterocycles. The first kappa shape index (κ1) is 16.9. The maximum atomic E-state index is 13.5. The molecular weight excluding hydrogens is 328 g/mol. The number of anilines is 1. The minimum absolute atomic E-state index is 0.217. The van der Waals surface area contributed by atoms with Crippen LogP contribution in [0.5, 0.6) is 5.75 Å². The number of carbonyl (C=O) groups excluding carboxylic acids is 1. The third-order valence-electron chi connectivity index (χ3n) is 2.84. The summed E-state index contributed by atoms with van der Waals surface area (Å²) in [6.45, 7) is 1.68. The maximum absolute atomic E-state index is 13.5. The number of rotatable bonds is 5. The van der Waals surface area contributed by atoms with Crippen molar-refractivity contribution in [2.75, 3.05) is 5.32 Å². The number of carbonyl (C=O) groups is 1. The first-order chi connectivity index (χ1) is 10.8. The summed E-state index contributed by atoms with van der Waals surface area (Å²) in [6, 6.07) is 7.48. The highest BCUT2D eigenvalue weighted by atomic mass is 32.2. The molecular formula is C15H13F2NO4S. The molecule has 2 rings (SSSR count). The van der Waals surface area contributed by atoms with E-state index in [4.69, 9.17) is 0 Å². The van der Waals surface area contributed by atoms with Gasteiger partial charge >= 0.3 is 10.1 Å². The van der Waals surface area contributed by atoms with Crippen molar-refractivity contribution in [3.63, 3.8) is 0 Å². The highest BCUT2D eigenvalue weighted by molar-refractivity contribution is 7.87. The smallest absolute Gasteiger partial charge is 0.339 e. The largest absolute Gasteiger partial charge is 0.376 e. The predicted octanol–water partition coefficient (Wildman–Crippen LogP) is 3.08. The Bertz CT molecular complexity index is 820. The van der Waals surface area contributed by atoms with E-state index in [9.17, 15) is 22.0 Å². The third-order valence-corrected chi connectivity index (χ3v) is 4.09. The Balaban J connectivity index is 2.20. The summed E-state index contributed by atoms with van der Waals surface area (Å²) in [6.07, 6.45) is 0.285. The van der Waals surface area contributed by atoms with Crippen LogP contribution in [0, 0.1) is 11.6 Å². The highest BCUT2D eigenvalue weighted by Gasteiger charge is 2.19. The molecule has 0 aliphatic heterocycles. The van der Waals surface area contributed by atoms with Crippen molar-refractivity contribution in [1.82, 2.24) is 0 Å². The minimum atomic E-state index is -4.27. The van der Waals surface area contributed by atoms with Gasteiger partial charge in [0.25, 0.3) is 0 Å². The van der Waals surface area contributed by atoms with Gasteiger partial charge < -0.3 is 9.50 Å². The molecule has 1 amide bonds. The van der Waals surface area contributed by atoms with Gasteiger partial charge in [0, 0.05) is 18.2 Å². The van der Waals surface area contributed by atoms with Crippen LogP contribution in [0.25, 0.3) is 0 Å². The van der Waals surface area contributed by atoms with E-state index in [2.05, 4.69) is 9.50 Å². The van der Waals surface area contributed by atoms with Crippen molar-refractivity contribution in [1.29, 1.82) is 0 Å². The van der Waals surface area contributed by atoms with Crippen molar-refractivity contribution in [3.05, 3.63) is 54.1 Å². The normalized spacial score (nSPS) is 11.1. The van der Waals surface area contributed by atoms with Gasteiger partial charge in [0.05, 0.1) is 0 Å². The Morgan fingerprint density at radius 2 is 1.78 bits per heavy atom. The topological polar surface area (TPSA) is 72.5 Å². The zero-order chi connectivity index (χ0) is 17.0. The second-order valence-corrected chi connectivity index (χ2v) is 6.08. The molecule has 122 valence electrons. The predicted molar refractivity (Wildman–Crippen MR) is 79.5 cm³/mol. The number of halogens is 2.